The van der Waals surface area contributed by atoms with Gasteiger partial charge in [-0.05, 0) is 23.6 Å². The maximum atomic E-state index is 12.8. The van der Waals surface area contributed by atoms with Gasteiger partial charge in [0, 0.05) is 19.2 Å². The van der Waals surface area contributed by atoms with Crippen LogP contribution < -0.4 is 0 Å². The Kier molecular flexibility index (Phi) is 5.66. The molecule has 0 atom stereocenters. The molecule has 0 N–H and O–H groups in total. The lowest BCUT2D eigenvalue weighted by molar-refractivity contribution is -0.137. The van der Waals surface area contributed by atoms with Crippen LogP contribution in [0.1, 0.15) is 22.5 Å². The fourth-order valence-corrected chi connectivity index (χ4v) is 3.45. The van der Waals surface area contributed by atoms with Gasteiger partial charge in [0.2, 0.25) is 0 Å². The molecule has 0 saturated carbocycles. The summed E-state index contributed by atoms with van der Waals surface area (Å²) in [6.45, 7) is 0. The number of hydrogen-bond donors (Lipinski definition) is 0. The van der Waals surface area contributed by atoms with Crippen LogP contribution in [0, 0.1) is 0 Å². The van der Waals surface area contributed by atoms with Crippen molar-refractivity contribution in [2.45, 2.75) is 29.9 Å². The predicted octanol–water partition coefficient (Wildman–Crippen LogP) is 4.91. The molecule has 0 saturated heterocycles. The summed E-state index contributed by atoms with van der Waals surface area (Å²) in [6.07, 6.45) is -2.70. The molecule has 1 aromatic heterocycles. The molecule has 3 aromatic rings. The van der Waals surface area contributed by atoms with Crippen molar-refractivity contribution in [2.24, 2.45) is 7.05 Å². The third kappa shape index (κ3) is 4.66. The molecule has 2 aromatic carbocycles. The van der Waals surface area contributed by atoms with E-state index in [2.05, 4.69) is 22.3 Å². The molecular weight excluding hydrogens is 359 g/mol. The topological polar surface area (TPSA) is 30.7 Å². The van der Waals surface area contributed by atoms with Gasteiger partial charge < -0.3 is 4.57 Å². The second-order valence-electron chi connectivity index (χ2n) is 5.93. The van der Waals surface area contributed by atoms with Gasteiger partial charge in [-0.3, -0.25) is 0 Å². The first-order chi connectivity index (χ1) is 12.4. The maximum absolute atomic E-state index is 12.8. The first-order valence-electron chi connectivity index (χ1n) is 8.14. The molecule has 3 nitrogen and oxygen atoms in total. The molecule has 0 fully saturated rings. The summed E-state index contributed by atoms with van der Waals surface area (Å²) in [7, 11) is 1.88. The Balaban J connectivity index is 1.62. The largest absolute Gasteiger partial charge is 0.416 e. The Bertz CT molecular complexity index is 860. The van der Waals surface area contributed by atoms with E-state index >= 15 is 0 Å². The van der Waals surface area contributed by atoms with Crippen LogP contribution in [0.2, 0.25) is 0 Å². The quantitative estimate of drug-likeness (QED) is 0.572. The molecule has 0 spiro atoms. The number of aryl methyl sites for hydroxylation is 2. The summed E-state index contributed by atoms with van der Waals surface area (Å²) < 4.78 is 40.3. The van der Waals surface area contributed by atoms with Crippen LogP contribution in [0.5, 0.6) is 0 Å². The highest BCUT2D eigenvalue weighted by atomic mass is 32.2. The Morgan fingerprint density at radius 2 is 1.65 bits per heavy atom. The molecule has 0 amide bonds. The Morgan fingerprint density at radius 3 is 2.38 bits per heavy atom. The van der Waals surface area contributed by atoms with Crippen molar-refractivity contribution in [1.82, 2.24) is 14.8 Å². The predicted molar refractivity (Wildman–Crippen MR) is 95.9 cm³/mol. The van der Waals surface area contributed by atoms with Gasteiger partial charge in [0.25, 0.3) is 0 Å². The second-order valence-corrected chi connectivity index (χ2v) is 6.87. The van der Waals surface area contributed by atoms with E-state index in [9.17, 15) is 13.2 Å². The first kappa shape index (κ1) is 18.5. The smallest absolute Gasteiger partial charge is 0.309 e. The van der Waals surface area contributed by atoms with Crippen LogP contribution in [0.25, 0.3) is 0 Å². The number of nitrogens with zero attached hydrogens (tertiary/aromatic N) is 3. The molecule has 7 heteroatoms. The fourth-order valence-electron chi connectivity index (χ4n) is 2.57. The molecule has 26 heavy (non-hydrogen) atoms. The molecule has 0 unspecified atom stereocenters. The number of hydrogen-bond acceptors (Lipinski definition) is 3. The van der Waals surface area contributed by atoms with Crippen molar-refractivity contribution >= 4 is 11.8 Å². The van der Waals surface area contributed by atoms with Crippen LogP contribution in [0.4, 0.5) is 13.2 Å². The first-order valence-corrected chi connectivity index (χ1v) is 9.13. The summed E-state index contributed by atoms with van der Waals surface area (Å²) in [4.78, 5) is 0. The minimum atomic E-state index is -4.32. The van der Waals surface area contributed by atoms with Gasteiger partial charge in [-0.2, -0.15) is 13.2 Å². The van der Waals surface area contributed by atoms with Gasteiger partial charge >= 0.3 is 6.18 Å². The lowest BCUT2D eigenvalue weighted by atomic mass is 10.1. The number of rotatable bonds is 6. The van der Waals surface area contributed by atoms with Gasteiger partial charge in [0.1, 0.15) is 5.82 Å². The lowest BCUT2D eigenvalue weighted by Crippen LogP contribution is -2.05. The maximum Gasteiger partial charge on any atom is 0.416 e. The van der Waals surface area contributed by atoms with Crippen molar-refractivity contribution in [3.05, 3.63) is 77.1 Å². The standard InChI is InChI=1S/C19H18F3N3S/c1-25-17(11-10-14-6-3-2-4-7-14)23-24-18(25)26-13-15-8-5-9-16(12-15)19(20,21)22/h2-9,12H,10-11,13H2,1H3. The van der Waals surface area contributed by atoms with E-state index in [0.29, 0.717) is 16.5 Å². The number of thioether (sulfide) groups is 1. The zero-order valence-corrected chi connectivity index (χ0v) is 15.0. The zero-order chi connectivity index (χ0) is 18.6. The number of benzene rings is 2. The van der Waals surface area contributed by atoms with Crippen molar-refractivity contribution in [3.63, 3.8) is 0 Å². The van der Waals surface area contributed by atoms with Crippen molar-refractivity contribution in [1.29, 1.82) is 0 Å². The summed E-state index contributed by atoms with van der Waals surface area (Å²) in [5.74, 6) is 1.27. The van der Waals surface area contributed by atoms with Gasteiger partial charge in [0.15, 0.2) is 5.16 Å². The summed E-state index contributed by atoms with van der Waals surface area (Å²) in [5.41, 5.74) is 1.21. The number of aromatic nitrogens is 3. The van der Waals surface area contributed by atoms with Crippen molar-refractivity contribution in [2.75, 3.05) is 0 Å². The second kappa shape index (κ2) is 7.95. The van der Waals surface area contributed by atoms with E-state index in [1.165, 1.54) is 29.5 Å². The van der Waals surface area contributed by atoms with E-state index in [4.69, 9.17) is 0 Å². The highest BCUT2D eigenvalue weighted by Gasteiger charge is 2.30. The molecule has 0 bridgehead atoms. The van der Waals surface area contributed by atoms with E-state index < -0.39 is 11.7 Å². The van der Waals surface area contributed by atoms with Crippen LogP contribution in [0.15, 0.2) is 59.8 Å². The highest BCUT2D eigenvalue weighted by molar-refractivity contribution is 7.98. The van der Waals surface area contributed by atoms with E-state index in [1.807, 2.05) is 29.8 Å². The molecule has 0 aliphatic carbocycles. The van der Waals surface area contributed by atoms with Crippen LogP contribution in [0.3, 0.4) is 0 Å². The average Bonchev–Trinajstić information content (AvgIpc) is 2.98. The van der Waals surface area contributed by atoms with E-state index in [-0.39, 0.29) is 0 Å². The minimum absolute atomic E-state index is 0.411. The SMILES string of the molecule is Cn1c(CCc2ccccc2)nnc1SCc1cccc(C(F)(F)F)c1. The Morgan fingerprint density at radius 1 is 0.923 bits per heavy atom. The molecule has 3 rings (SSSR count). The molecule has 0 radical (unpaired) electrons. The minimum Gasteiger partial charge on any atom is -0.309 e. The highest BCUT2D eigenvalue weighted by Crippen LogP contribution is 2.31. The molecule has 0 aliphatic rings. The Hall–Kier alpha value is -2.28. The summed E-state index contributed by atoms with van der Waals surface area (Å²) >= 11 is 1.38. The summed E-state index contributed by atoms with van der Waals surface area (Å²) in [6, 6.07) is 15.5. The van der Waals surface area contributed by atoms with Gasteiger partial charge in [-0.25, -0.2) is 0 Å². The van der Waals surface area contributed by atoms with Crippen LogP contribution in [-0.4, -0.2) is 14.8 Å². The number of halogens is 3. The van der Waals surface area contributed by atoms with Gasteiger partial charge in [-0.15, -0.1) is 10.2 Å². The van der Waals surface area contributed by atoms with Crippen LogP contribution in [-0.2, 0) is 31.8 Å². The number of alkyl halides is 3. The monoisotopic (exact) mass is 377 g/mol. The third-order valence-corrected chi connectivity index (χ3v) is 5.12. The molecular formula is C19H18F3N3S. The Labute approximate surface area is 154 Å². The van der Waals surface area contributed by atoms with E-state index in [1.54, 1.807) is 6.07 Å². The summed E-state index contributed by atoms with van der Waals surface area (Å²) in [5, 5.41) is 9.08. The zero-order valence-electron chi connectivity index (χ0n) is 14.2. The van der Waals surface area contributed by atoms with Crippen molar-refractivity contribution in [3.8, 4) is 0 Å². The van der Waals surface area contributed by atoms with E-state index in [0.717, 1.165) is 24.7 Å². The average molecular weight is 377 g/mol. The lowest BCUT2D eigenvalue weighted by Gasteiger charge is -2.08. The third-order valence-electron chi connectivity index (χ3n) is 4.03. The van der Waals surface area contributed by atoms with Crippen LogP contribution >= 0.6 is 11.8 Å². The molecule has 1 heterocycles. The van der Waals surface area contributed by atoms with Gasteiger partial charge in [0.05, 0.1) is 5.56 Å². The van der Waals surface area contributed by atoms with Crippen molar-refractivity contribution < 1.29 is 13.2 Å². The molecule has 0 aliphatic heterocycles. The molecule has 136 valence electrons. The normalized spacial score (nSPS) is 11.7. The van der Waals surface area contributed by atoms with Gasteiger partial charge in [-0.1, -0.05) is 60.3 Å². The fraction of sp³-hybridized carbons (Fsp3) is 0.263.